The van der Waals surface area contributed by atoms with E-state index in [-0.39, 0.29) is 18.7 Å². The molecule has 1 aromatic carbocycles. The third kappa shape index (κ3) is 3.22. The monoisotopic (exact) mass is 247 g/mol. The SMILES string of the molecule is Cc1ccc(C#N)cc1NC(=O)N(C)C(C)CO. The van der Waals surface area contributed by atoms with Crippen molar-refractivity contribution >= 4 is 11.7 Å². The van der Waals surface area contributed by atoms with Crippen LogP contribution in [0.5, 0.6) is 0 Å². The minimum absolute atomic E-state index is 0.0961. The quantitative estimate of drug-likeness (QED) is 0.853. The zero-order chi connectivity index (χ0) is 13.7. The van der Waals surface area contributed by atoms with E-state index in [1.54, 1.807) is 32.2 Å². The van der Waals surface area contributed by atoms with E-state index in [4.69, 9.17) is 10.4 Å². The summed E-state index contributed by atoms with van der Waals surface area (Å²) in [4.78, 5) is 13.3. The maximum atomic E-state index is 11.9. The van der Waals surface area contributed by atoms with Gasteiger partial charge in [0.15, 0.2) is 0 Å². The number of nitrogens with one attached hydrogen (secondary N) is 1. The number of nitriles is 1. The van der Waals surface area contributed by atoms with Crippen molar-refractivity contribution in [2.24, 2.45) is 0 Å². The number of aryl methyl sites for hydroxylation is 1. The molecule has 1 rings (SSSR count). The number of amides is 2. The number of anilines is 1. The van der Waals surface area contributed by atoms with E-state index in [0.717, 1.165) is 5.56 Å². The van der Waals surface area contributed by atoms with Gasteiger partial charge in [0, 0.05) is 12.7 Å². The Kier molecular flexibility index (Phi) is 4.69. The number of aliphatic hydroxyl groups is 1. The number of urea groups is 1. The molecule has 0 fully saturated rings. The molecule has 0 saturated heterocycles. The highest BCUT2D eigenvalue weighted by Crippen LogP contribution is 2.17. The number of nitrogens with zero attached hydrogens (tertiary/aromatic N) is 2. The fourth-order valence-electron chi connectivity index (χ4n) is 1.35. The second kappa shape index (κ2) is 6.03. The lowest BCUT2D eigenvalue weighted by atomic mass is 10.1. The van der Waals surface area contributed by atoms with Gasteiger partial charge in [-0.05, 0) is 31.5 Å². The molecular weight excluding hydrogens is 230 g/mol. The van der Waals surface area contributed by atoms with E-state index in [9.17, 15) is 4.79 Å². The zero-order valence-electron chi connectivity index (χ0n) is 10.8. The van der Waals surface area contributed by atoms with Crippen LogP contribution in [-0.2, 0) is 0 Å². The van der Waals surface area contributed by atoms with Gasteiger partial charge in [0.05, 0.1) is 24.3 Å². The summed E-state index contributed by atoms with van der Waals surface area (Å²) in [6.45, 7) is 3.51. The van der Waals surface area contributed by atoms with Gasteiger partial charge in [-0.3, -0.25) is 0 Å². The predicted molar refractivity (Wildman–Crippen MR) is 69.2 cm³/mol. The van der Waals surface area contributed by atoms with Crippen molar-refractivity contribution in [1.82, 2.24) is 4.90 Å². The number of hydrogen-bond acceptors (Lipinski definition) is 3. The van der Waals surface area contributed by atoms with E-state index in [0.29, 0.717) is 11.3 Å². The third-order valence-electron chi connectivity index (χ3n) is 2.85. The van der Waals surface area contributed by atoms with Crippen LogP contribution in [0.15, 0.2) is 18.2 Å². The molecule has 1 unspecified atom stereocenters. The molecule has 18 heavy (non-hydrogen) atoms. The summed E-state index contributed by atoms with van der Waals surface area (Å²) in [6, 6.07) is 6.57. The number of likely N-dealkylation sites (N-methyl/N-ethyl adjacent to an activating group) is 1. The van der Waals surface area contributed by atoms with Gasteiger partial charge in [-0.2, -0.15) is 5.26 Å². The predicted octanol–water partition coefficient (Wildman–Crippen LogP) is 1.71. The number of carbonyl (C=O) groups is 1. The van der Waals surface area contributed by atoms with Crippen molar-refractivity contribution in [2.75, 3.05) is 19.0 Å². The number of aliphatic hydroxyl groups excluding tert-OH is 1. The molecular formula is C13H17N3O2. The lowest BCUT2D eigenvalue weighted by Gasteiger charge is -2.23. The van der Waals surface area contributed by atoms with E-state index in [1.165, 1.54) is 4.90 Å². The normalized spacial score (nSPS) is 11.5. The molecule has 0 heterocycles. The summed E-state index contributed by atoms with van der Waals surface area (Å²) in [5, 5.41) is 20.5. The van der Waals surface area contributed by atoms with Crippen molar-refractivity contribution in [3.05, 3.63) is 29.3 Å². The van der Waals surface area contributed by atoms with E-state index in [2.05, 4.69) is 5.32 Å². The van der Waals surface area contributed by atoms with Crippen LogP contribution in [-0.4, -0.2) is 35.7 Å². The maximum Gasteiger partial charge on any atom is 0.321 e. The fourth-order valence-corrected chi connectivity index (χ4v) is 1.35. The summed E-state index contributed by atoms with van der Waals surface area (Å²) in [5.41, 5.74) is 1.98. The molecule has 0 bridgehead atoms. The van der Waals surface area contributed by atoms with Crippen LogP contribution in [0, 0.1) is 18.3 Å². The molecule has 96 valence electrons. The molecule has 0 aromatic heterocycles. The minimum Gasteiger partial charge on any atom is -0.394 e. The molecule has 5 heteroatoms. The van der Waals surface area contributed by atoms with Gasteiger partial charge in [0.1, 0.15) is 0 Å². The number of benzene rings is 1. The minimum atomic E-state index is -0.310. The topological polar surface area (TPSA) is 76.4 Å². The lowest BCUT2D eigenvalue weighted by Crippen LogP contribution is -2.40. The molecule has 2 amide bonds. The Labute approximate surface area is 107 Å². The van der Waals surface area contributed by atoms with Crippen LogP contribution in [0.2, 0.25) is 0 Å². The van der Waals surface area contributed by atoms with Crippen molar-refractivity contribution < 1.29 is 9.90 Å². The first kappa shape index (κ1) is 14.0. The second-order valence-corrected chi connectivity index (χ2v) is 4.21. The van der Waals surface area contributed by atoms with Crippen LogP contribution in [0.3, 0.4) is 0 Å². The highest BCUT2D eigenvalue weighted by Gasteiger charge is 2.15. The van der Waals surface area contributed by atoms with E-state index >= 15 is 0 Å². The highest BCUT2D eigenvalue weighted by atomic mass is 16.3. The Balaban J connectivity index is 2.85. The van der Waals surface area contributed by atoms with Crippen molar-refractivity contribution in [2.45, 2.75) is 19.9 Å². The van der Waals surface area contributed by atoms with Crippen molar-refractivity contribution in [1.29, 1.82) is 5.26 Å². The fraction of sp³-hybridized carbons (Fsp3) is 0.385. The molecule has 0 aliphatic carbocycles. The highest BCUT2D eigenvalue weighted by molar-refractivity contribution is 5.90. The molecule has 0 spiro atoms. The second-order valence-electron chi connectivity index (χ2n) is 4.21. The Bertz CT molecular complexity index is 480. The first-order valence-electron chi connectivity index (χ1n) is 5.65. The number of hydrogen-bond donors (Lipinski definition) is 2. The third-order valence-corrected chi connectivity index (χ3v) is 2.85. The average molecular weight is 247 g/mol. The van der Waals surface area contributed by atoms with Crippen LogP contribution < -0.4 is 5.32 Å². The molecule has 2 N–H and O–H groups in total. The summed E-state index contributed by atoms with van der Waals surface area (Å²) in [5.74, 6) is 0. The Morgan fingerprint density at radius 3 is 2.83 bits per heavy atom. The molecule has 0 aliphatic heterocycles. The molecule has 0 radical (unpaired) electrons. The van der Waals surface area contributed by atoms with E-state index < -0.39 is 0 Å². The van der Waals surface area contributed by atoms with Gasteiger partial charge in [0.25, 0.3) is 0 Å². The molecule has 1 atom stereocenters. The van der Waals surface area contributed by atoms with Crippen LogP contribution in [0.4, 0.5) is 10.5 Å². The Hall–Kier alpha value is -2.06. The van der Waals surface area contributed by atoms with Gasteiger partial charge in [-0.25, -0.2) is 4.79 Å². The van der Waals surface area contributed by atoms with Gasteiger partial charge >= 0.3 is 6.03 Å². The lowest BCUT2D eigenvalue weighted by molar-refractivity contribution is 0.166. The first-order chi connectivity index (χ1) is 8.49. The molecule has 0 aliphatic rings. The number of rotatable bonds is 3. The van der Waals surface area contributed by atoms with Crippen LogP contribution >= 0.6 is 0 Å². The average Bonchev–Trinajstić information content (AvgIpc) is 2.39. The summed E-state index contributed by atoms with van der Waals surface area (Å²) in [6.07, 6.45) is 0. The molecule has 5 nitrogen and oxygen atoms in total. The zero-order valence-corrected chi connectivity index (χ0v) is 10.8. The van der Waals surface area contributed by atoms with E-state index in [1.807, 2.05) is 13.0 Å². The Morgan fingerprint density at radius 1 is 1.61 bits per heavy atom. The summed E-state index contributed by atoms with van der Waals surface area (Å²) >= 11 is 0. The number of carbonyl (C=O) groups excluding carboxylic acids is 1. The van der Waals surface area contributed by atoms with Gasteiger partial charge < -0.3 is 15.3 Å². The van der Waals surface area contributed by atoms with Gasteiger partial charge in [-0.1, -0.05) is 6.07 Å². The molecule has 1 aromatic rings. The van der Waals surface area contributed by atoms with Crippen molar-refractivity contribution in [3.8, 4) is 6.07 Å². The first-order valence-corrected chi connectivity index (χ1v) is 5.65. The summed E-state index contributed by atoms with van der Waals surface area (Å²) in [7, 11) is 1.61. The van der Waals surface area contributed by atoms with Crippen molar-refractivity contribution in [3.63, 3.8) is 0 Å². The van der Waals surface area contributed by atoms with Gasteiger partial charge in [-0.15, -0.1) is 0 Å². The largest absolute Gasteiger partial charge is 0.394 e. The maximum absolute atomic E-state index is 11.9. The standard InChI is InChI=1S/C13H17N3O2/c1-9-4-5-11(7-14)6-12(9)15-13(18)16(3)10(2)8-17/h4-6,10,17H,8H2,1-3H3,(H,15,18). The van der Waals surface area contributed by atoms with Gasteiger partial charge in [0.2, 0.25) is 0 Å². The summed E-state index contributed by atoms with van der Waals surface area (Å²) < 4.78 is 0. The van der Waals surface area contributed by atoms with Crippen LogP contribution in [0.1, 0.15) is 18.1 Å². The smallest absolute Gasteiger partial charge is 0.321 e. The molecule has 0 saturated carbocycles. The Morgan fingerprint density at radius 2 is 2.28 bits per heavy atom. The van der Waals surface area contributed by atoms with Crippen LogP contribution in [0.25, 0.3) is 0 Å².